The van der Waals surface area contributed by atoms with Crippen molar-refractivity contribution >= 4 is 32.3 Å². The van der Waals surface area contributed by atoms with Gasteiger partial charge < -0.3 is 0 Å². The van der Waals surface area contributed by atoms with E-state index >= 15 is 0 Å². The fraction of sp³-hybridized carbons (Fsp3) is 0.100. The molecule has 0 fully saturated rings. The minimum absolute atomic E-state index is 0.0773. The van der Waals surface area contributed by atoms with Crippen molar-refractivity contribution in [2.75, 3.05) is 0 Å². The van der Waals surface area contributed by atoms with Crippen molar-refractivity contribution in [3.8, 4) is 66.8 Å². The third kappa shape index (κ3) is 4.98. The molecule has 0 saturated carbocycles. The van der Waals surface area contributed by atoms with E-state index in [4.69, 9.17) is 0 Å². The Balaban J connectivity index is 1.17. The molecule has 0 atom stereocenters. The third-order valence-electron chi connectivity index (χ3n) is 14.1. The molecule has 0 aromatic heterocycles. The molecule has 0 spiro atoms. The Labute approximate surface area is 352 Å². The molecule has 0 bridgehead atoms. The number of hydrogen-bond donors (Lipinski definition) is 0. The van der Waals surface area contributed by atoms with E-state index in [1.54, 1.807) is 0 Å². The first kappa shape index (κ1) is 35.0. The van der Waals surface area contributed by atoms with E-state index in [2.05, 4.69) is 222 Å². The molecule has 0 aliphatic heterocycles. The average molecular weight is 765 g/mol. The van der Waals surface area contributed by atoms with Crippen LogP contribution in [0, 0.1) is 0 Å². The maximum atomic E-state index is 2.50. The number of rotatable bonds is 4. The Morgan fingerprint density at radius 2 is 0.700 bits per heavy atom. The van der Waals surface area contributed by atoms with E-state index in [9.17, 15) is 0 Å². The Kier molecular flexibility index (Phi) is 7.42. The van der Waals surface area contributed by atoms with Gasteiger partial charge in [0.05, 0.1) is 0 Å². The fourth-order valence-corrected chi connectivity index (χ4v) is 11.0. The second kappa shape index (κ2) is 12.7. The highest BCUT2D eigenvalue weighted by molar-refractivity contribution is 6.23. The van der Waals surface area contributed by atoms with Crippen LogP contribution < -0.4 is 0 Å². The Bertz CT molecular complexity index is 3410. The fourth-order valence-electron chi connectivity index (χ4n) is 11.0. The molecule has 2 aliphatic rings. The summed E-state index contributed by atoms with van der Waals surface area (Å²) in [6.45, 7) is 9.52. The second-order valence-electron chi connectivity index (χ2n) is 18.0. The maximum Gasteiger partial charge on any atom is 0.0159 e. The van der Waals surface area contributed by atoms with Crippen LogP contribution in [0.1, 0.15) is 49.9 Å². The minimum Gasteiger partial charge on any atom is -0.0622 e. The molecule has 0 radical (unpaired) electrons. The van der Waals surface area contributed by atoms with Crippen LogP contribution >= 0.6 is 0 Å². The van der Waals surface area contributed by atoms with Gasteiger partial charge in [-0.05, 0) is 152 Å². The average Bonchev–Trinajstić information content (AvgIpc) is 3.66. The van der Waals surface area contributed by atoms with Gasteiger partial charge in [0, 0.05) is 10.8 Å². The monoisotopic (exact) mass is 764 g/mol. The predicted octanol–water partition coefficient (Wildman–Crippen LogP) is 16.4. The summed E-state index contributed by atoms with van der Waals surface area (Å²) in [7, 11) is 0. The first-order chi connectivity index (χ1) is 29.3. The quantitative estimate of drug-likeness (QED) is 0.157. The lowest BCUT2D eigenvalue weighted by molar-refractivity contribution is 0.660. The van der Waals surface area contributed by atoms with Crippen molar-refractivity contribution in [3.63, 3.8) is 0 Å². The summed E-state index contributed by atoms with van der Waals surface area (Å²) in [6.07, 6.45) is 0. The van der Waals surface area contributed by atoms with E-state index in [1.807, 2.05) is 0 Å². The smallest absolute Gasteiger partial charge is 0.0159 e. The zero-order chi connectivity index (χ0) is 40.3. The van der Waals surface area contributed by atoms with Crippen LogP contribution in [-0.4, -0.2) is 0 Å². The zero-order valence-corrected chi connectivity index (χ0v) is 34.5. The van der Waals surface area contributed by atoms with Crippen LogP contribution in [-0.2, 0) is 10.8 Å². The van der Waals surface area contributed by atoms with Gasteiger partial charge in [0.2, 0.25) is 0 Å². The highest BCUT2D eigenvalue weighted by atomic mass is 14.4. The standard InChI is InChI=1S/C60H44/c1-59(2)53-24-14-12-20-43(53)45-29-26-41(35-55(45)59)40-27-31-49-51(34-40)57(42-28-30-46-44-21-13-15-25-54(44)60(3,4)56(46)36-42)47-22-10-11-23-48(47)58(49)52-33-39-19-9-8-18-38(39)32-50(52)37-16-6-5-7-17-37/h5-36H,1-4H3. The van der Waals surface area contributed by atoms with Gasteiger partial charge in [-0.3, -0.25) is 0 Å². The molecule has 0 N–H and O–H groups in total. The lowest BCUT2D eigenvalue weighted by Crippen LogP contribution is -2.15. The summed E-state index contributed by atoms with van der Waals surface area (Å²) in [5, 5.41) is 7.55. The molecular weight excluding hydrogens is 721 g/mol. The van der Waals surface area contributed by atoms with E-state index < -0.39 is 0 Å². The molecule has 0 amide bonds. The molecule has 60 heavy (non-hydrogen) atoms. The highest BCUT2D eigenvalue weighted by Crippen LogP contribution is 2.53. The summed E-state index contributed by atoms with van der Waals surface area (Å²) >= 11 is 0. The lowest BCUT2D eigenvalue weighted by Gasteiger charge is -2.24. The van der Waals surface area contributed by atoms with Gasteiger partial charge in [-0.15, -0.1) is 0 Å². The van der Waals surface area contributed by atoms with Crippen LogP contribution in [0.15, 0.2) is 194 Å². The van der Waals surface area contributed by atoms with Gasteiger partial charge in [0.15, 0.2) is 0 Å². The molecule has 284 valence electrons. The van der Waals surface area contributed by atoms with Crippen molar-refractivity contribution in [3.05, 3.63) is 216 Å². The van der Waals surface area contributed by atoms with Gasteiger partial charge >= 0.3 is 0 Å². The van der Waals surface area contributed by atoms with Crippen LogP contribution in [0.4, 0.5) is 0 Å². The first-order valence-electron chi connectivity index (χ1n) is 21.3. The van der Waals surface area contributed by atoms with Gasteiger partial charge in [-0.25, -0.2) is 0 Å². The van der Waals surface area contributed by atoms with E-state index in [1.165, 1.54) is 121 Å². The molecule has 0 nitrogen and oxygen atoms in total. The van der Waals surface area contributed by atoms with Crippen molar-refractivity contribution in [2.45, 2.75) is 38.5 Å². The van der Waals surface area contributed by atoms with Crippen molar-refractivity contribution in [1.29, 1.82) is 0 Å². The normalized spacial score (nSPS) is 14.3. The molecule has 10 aromatic rings. The number of benzene rings is 10. The maximum absolute atomic E-state index is 2.50. The predicted molar refractivity (Wildman–Crippen MR) is 256 cm³/mol. The van der Waals surface area contributed by atoms with Crippen LogP contribution in [0.2, 0.25) is 0 Å². The van der Waals surface area contributed by atoms with Gasteiger partial charge in [0.1, 0.15) is 0 Å². The lowest BCUT2D eigenvalue weighted by atomic mass is 9.79. The molecule has 0 saturated heterocycles. The topological polar surface area (TPSA) is 0 Å². The number of hydrogen-bond acceptors (Lipinski definition) is 0. The van der Waals surface area contributed by atoms with Crippen molar-refractivity contribution in [1.82, 2.24) is 0 Å². The van der Waals surface area contributed by atoms with Crippen LogP contribution in [0.5, 0.6) is 0 Å². The van der Waals surface area contributed by atoms with Crippen LogP contribution in [0.3, 0.4) is 0 Å². The third-order valence-corrected chi connectivity index (χ3v) is 14.1. The molecule has 12 rings (SSSR count). The van der Waals surface area contributed by atoms with Crippen molar-refractivity contribution < 1.29 is 0 Å². The highest BCUT2D eigenvalue weighted by Gasteiger charge is 2.37. The van der Waals surface area contributed by atoms with Gasteiger partial charge in [0.25, 0.3) is 0 Å². The molecule has 2 aliphatic carbocycles. The Morgan fingerprint density at radius 1 is 0.250 bits per heavy atom. The molecule has 10 aromatic carbocycles. The molecule has 0 unspecified atom stereocenters. The van der Waals surface area contributed by atoms with Gasteiger partial charge in [-0.2, -0.15) is 0 Å². The summed E-state index contributed by atoms with van der Waals surface area (Å²) in [5.74, 6) is 0. The first-order valence-corrected chi connectivity index (χ1v) is 21.3. The summed E-state index contributed by atoms with van der Waals surface area (Å²) in [4.78, 5) is 0. The summed E-state index contributed by atoms with van der Waals surface area (Å²) in [5.41, 5.74) is 20.8. The molecular formula is C60H44. The van der Waals surface area contributed by atoms with E-state index in [0.29, 0.717) is 0 Å². The van der Waals surface area contributed by atoms with Crippen molar-refractivity contribution in [2.24, 2.45) is 0 Å². The summed E-state index contributed by atoms with van der Waals surface area (Å²) < 4.78 is 0. The number of fused-ring (bicyclic) bond motifs is 9. The SMILES string of the molecule is CC1(C)c2ccccc2-c2ccc(-c3ccc4c(-c5cc6ccccc6cc5-c5ccccc5)c5ccccc5c(-c5ccc6c(c5)C(C)(C)c5ccccc5-6)c4c3)cc21. The van der Waals surface area contributed by atoms with Crippen LogP contribution in [0.25, 0.3) is 99.1 Å². The van der Waals surface area contributed by atoms with E-state index in [0.717, 1.165) is 0 Å². The second-order valence-corrected chi connectivity index (χ2v) is 18.0. The molecule has 0 heteroatoms. The largest absolute Gasteiger partial charge is 0.0622 e. The van der Waals surface area contributed by atoms with E-state index in [-0.39, 0.29) is 10.8 Å². The minimum atomic E-state index is -0.108. The Hall–Kier alpha value is -7.02. The zero-order valence-electron chi connectivity index (χ0n) is 34.5. The Morgan fingerprint density at radius 3 is 1.35 bits per heavy atom. The summed E-state index contributed by atoms with van der Waals surface area (Å²) in [6, 6.07) is 73.3. The molecule has 0 heterocycles. The van der Waals surface area contributed by atoms with Gasteiger partial charge in [-0.1, -0.05) is 191 Å².